The van der Waals surface area contributed by atoms with E-state index in [4.69, 9.17) is 4.74 Å². The summed E-state index contributed by atoms with van der Waals surface area (Å²) in [5.74, 6) is -3.33. The van der Waals surface area contributed by atoms with E-state index in [1.54, 1.807) is 18.2 Å². The highest BCUT2D eigenvalue weighted by Gasteiger charge is 2.40. The number of ether oxygens (including phenoxy) is 2. The van der Waals surface area contributed by atoms with Gasteiger partial charge in [-0.15, -0.1) is 13.2 Å². The number of carboxylic acids is 1. The summed E-state index contributed by atoms with van der Waals surface area (Å²) in [7, 11) is 0. The molecular weight excluding hydrogens is 753 g/mol. The second-order valence-electron chi connectivity index (χ2n) is 13.4. The molecule has 1 fully saturated rings. The van der Waals surface area contributed by atoms with Gasteiger partial charge in [-0.05, 0) is 60.4 Å². The van der Waals surface area contributed by atoms with Crippen LogP contribution in [0.3, 0.4) is 0 Å². The minimum absolute atomic E-state index is 0.0249. The third-order valence-corrected chi connectivity index (χ3v) is 9.44. The van der Waals surface area contributed by atoms with Gasteiger partial charge in [0.25, 0.3) is 11.8 Å². The summed E-state index contributed by atoms with van der Waals surface area (Å²) in [6.07, 6.45) is -5.58. The number of aromatic amines is 1. The molecule has 0 bridgehead atoms. The minimum atomic E-state index is -5.07. The number of phenolic OH excluding ortho intramolecular Hbond substituents is 1. The van der Waals surface area contributed by atoms with E-state index in [2.05, 4.69) is 25.7 Å². The summed E-state index contributed by atoms with van der Waals surface area (Å²) in [5.41, 5.74) is -2.23. The number of pyridine rings is 1. The molecule has 5 aromatic rings. The van der Waals surface area contributed by atoms with Gasteiger partial charge in [0.05, 0.1) is 11.6 Å². The van der Waals surface area contributed by atoms with Crippen molar-refractivity contribution in [1.29, 1.82) is 0 Å². The van der Waals surface area contributed by atoms with Gasteiger partial charge in [0, 0.05) is 53.3 Å². The monoisotopic (exact) mass is 790 g/mol. The number of H-pyrrole nitrogens is 1. The van der Waals surface area contributed by atoms with E-state index < -0.39 is 59.8 Å². The Morgan fingerprint density at radius 1 is 0.877 bits per heavy atom. The summed E-state index contributed by atoms with van der Waals surface area (Å²) in [4.78, 5) is 51.9. The van der Waals surface area contributed by atoms with E-state index in [1.165, 1.54) is 72.8 Å². The Hall–Kier alpha value is -6.43. The van der Waals surface area contributed by atoms with Crippen LogP contribution in [0.25, 0.3) is 10.9 Å². The molecular formula is C40H37F3N4O10. The predicted molar refractivity (Wildman–Crippen MR) is 197 cm³/mol. The second kappa shape index (κ2) is 16.7. The molecule has 4 aromatic carbocycles. The topological polar surface area (TPSA) is 220 Å². The van der Waals surface area contributed by atoms with Crippen molar-refractivity contribution in [2.24, 2.45) is 0 Å². The van der Waals surface area contributed by atoms with Crippen molar-refractivity contribution in [1.82, 2.24) is 20.9 Å². The Morgan fingerprint density at radius 2 is 1.60 bits per heavy atom. The van der Waals surface area contributed by atoms with Gasteiger partial charge in [-0.1, -0.05) is 54.6 Å². The molecule has 14 nitrogen and oxygen atoms in total. The number of aromatic nitrogens is 1. The molecule has 0 saturated heterocycles. The van der Waals surface area contributed by atoms with E-state index in [-0.39, 0.29) is 58.4 Å². The van der Waals surface area contributed by atoms with Crippen LogP contribution < -0.4 is 31.0 Å². The fourth-order valence-corrected chi connectivity index (χ4v) is 6.51. The Labute approximate surface area is 321 Å². The fraction of sp³-hybridized carbons (Fsp3) is 0.250. The highest BCUT2D eigenvalue weighted by Crippen LogP contribution is 2.33. The van der Waals surface area contributed by atoms with Gasteiger partial charge in [0.2, 0.25) is 11.2 Å². The predicted octanol–water partition coefficient (Wildman–Crippen LogP) is 3.73. The number of aromatic hydroxyl groups is 1. The van der Waals surface area contributed by atoms with Crippen LogP contribution >= 0.6 is 0 Å². The van der Waals surface area contributed by atoms with E-state index in [0.29, 0.717) is 23.8 Å². The third kappa shape index (κ3) is 9.52. The van der Waals surface area contributed by atoms with Gasteiger partial charge in [-0.25, -0.2) is 4.79 Å². The number of carbonyl (C=O) groups excluding carboxylic acids is 2. The van der Waals surface area contributed by atoms with Crippen LogP contribution in [0.5, 0.6) is 17.2 Å². The van der Waals surface area contributed by atoms with Crippen molar-refractivity contribution >= 4 is 28.7 Å². The number of nitrogens with one attached hydrogen (secondary N) is 4. The first-order chi connectivity index (χ1) is 27.1. The summed E-state index contributed by atoms with van der Waals surface area (Å²) < 4.78 is 49.9. The van der Waals surface area contributed by atoms with Crippen LogP contribution in [0.2, 0.25) is 0 Å². The smallest absolute Gasteiger partial charge is 0.506 e. The summed E-state index contributed by atoms with van der Waals surface area (Å²) in [5, 5.41) is 50.6. The van der Waals surface area contributed by atoms with Gasteiger partial charge in [0.1, 0.15) is 17.2 Å². The number of rotatable bonds is 15. The number of aliphatic hydroxyl groups excluding tert-OH is 1. The van der Waals surface area contributed by atoms with Crippen molar-refractivity contribution in [3.8, 4) is 17.2 Å². The Kier molecular flexibility index (Phi) is 11.8. The average molecular weight is 791 g/mol. The van der Waals surface area contributed by atoms with Gasteiger partial charge < -0.3 is 50.8 Å². The number of aliphatic hydroxyl groups is 2. The number of amides is 2. The van der Waals surface area contributed by atoms with E-state index in [0.717, 1.165) is 6.07 Å². The normalized spacial score (nSPS) is 16.8. The number of fused-ring (bicyclic) bond motifs is 1. The number of alkyl halides is 3. The number of benzene rings is 4. The first kappa shape index (κ1) is 40.2. The molecule has 1 saturated carbocycles. The average Bonchev–Trinajstić information content (AvgIpc) is 3.16. The fourth-order valence-electron chi connectivity index (χ4n) is 6.51. The van der Waals surface area contributed by atoms with Crippen LogP contribution in [-0.2, 0) is 21.7 Å². The van der Waals surface area contributed by atoms with Crippen molar-refractivity contribution < 1.29 is 57.5 Å². The molecule has 17 heteroatoms. The quantitative estimate of drug-likeness (QED) is 0.0764. The highest BCUT2D eigenvalue weighted by molar-refractivity contribution is 5.95. The Bertz CT molecular complexity index is 2330. The lowest BCUT2D eigenvalue weighted by Crippen LogP contribution is -2.54. The number of carboxylic acid groups (broad SMARTS) is 1. The van der Waals surface area contributed by atoms with Crippen LogP contribution in [0, 0.1) is 0 Å². The van der Waals surface area contributed by atoms with Crippen molar-refractivity contribution in [2.75, 3.05) is 13.2 Å². The molecule has 1 aliphatic carbocycles. The van der Waals surface area contributed by atoms with Crippen LogP contribution in [0.15, 0.2) is 102 Å². The minimum Gasteiger partial charge on any atom is -0.506 e. The summed E-state index contributed by atoms with van der Waals surface area (Å²) in [6.45, 7) is -0.738. The molecule has 1 aliphatic rings. The third-order valence-electron chi connectivity index (χ3n) is 9.44. The van der Waals surface area contributed by atoms with Crippen molar-refractivity contribution in [2.45, 2.75) is 49.5 Å². The zero-order valence-electron chi connectivity index (χ0n) is 29.9. The molecule has 2 amide bonds. The largest absolute Gasteiger partial charge is 0.573 e. The summed E-state index contributed by atoms with van der Waals surface area (Å²) >= 11 is 0. The number of aliphatic carboxylic acids is 1. The Balaban J connectivity index is 0.996. The lowest BCUT2D eigenvalue weighted by molar-refractivity contribution is -0.275. The molecule has 6 rings (SSSR count). The molecule has 0 unspecified atom stereocenters. The van der Waals surface area contributed by atoms with Gasteiger partial charge >= 0.3 is 12.3 Å². The number of carbonyl (C=O) groups is 3. The van der Waals surface area contributed by atoms with Gasteiger partial charge in [-0.2, -0.15) is 0 Å². The highest BCUT2D eigenvalue weighted by atomic mass is 19.4. The van der Waals surface area contributed by atoms with Crippen LogP contribution in [0.1, 0.15) is 51.6 Å². The lowest BCUT2D eigenvalue weighted by Gasteiger charge is -2.36. The Morgan fingerprint density at radius 3 is 2.32 bits per heavy atom. The van der Waals surface area contributed by atoms with E-state index in [1.807, 2.05) is 0 Å². The molecule has 1 heterocycles. The van der Waals surface area contributed by atoms with Gasteiger partial charge in [-0.3, -0.25) is 14.4 Å². The van der Waals surface area contributed by atoms with Crippen LogP contribution in [-0.4, -0.2) is 74.8 Å². The first-order valence-corrected chi connectivity index (χ1v) is 17.6. The number of phenols is 1. The SMILES string of the molecule is O=C(COc1cccc([C@](O)(C(=O)O)c2ccccc2)c1)NC1CC(NC(=O)c2ccc(CNC[C@H](O)c3ccc(O)c4[nH]c(=O)ccc34)c(OC(F)(F)F)c2)C1. The molecule has 57 heavy (non-hydrogen) atoms. The van der Waals surface area contributed by atoms with Crippen LogP contribution in [0.4, 0.5) is 13.2 Å². The summed E-state index contributed by atoms with van der Waals surface area (Å²) in [6, 6.07) is 21.9. The van der Waals surface area contributed by atoms with E-state index in [9.17, 15) is 52.8 Å². The molecule has 0 aliphatic heterocycles. The zero-order valence-corrected chi connectivity index (χ0v) is 29.9. The number of halogens is 3. The standard InChI is InChI=1S/C40H37F3N4O10/c41-40(42,43)57-33-15-22(9-10-23(33)19-44-20-32(49)29-11-13-31(48)36-30(29)12-14-34(50)47-36)37(52)46-27-17-26(18-27)45-35(51)21-56-28-8-4-7-25(16-28)39(55,38(53)54)24-5-2-1-3-6-24/h1-16,26-27,32,44,48-49,55H,17-21H2,(H,45,51)(H,46,52)(H,47,50)(H,53,54)/t26?,27?,32-,39-/m0/s1. The molecule has 8 N–H and O–H groups in total. The molecule has 2 atom stereocenters. The maximum Gasteiger partial charge on any atom is 0.573 e. The van der Waals surface area contributed by atoms with E-state index >= 15 is 0 Å². The second-order valence-corrected chi connectivity index (χ2v) is 13.4. The van der Waals surface area contributed by atoms with Crippen molar-refractivity contribution in [3.63, 3.8) is 0 Å². The molecule has 0 radical (unpaired) electrons. The molecule has 298 valence electrons. The maximum absolute atomic E-state index is 13.4. The van der Waals surface area contributed by atoms with Crippen molar-refractivity contribution in [3.05, 3.63) is 135 Å². The lowest BCUT2D eigenvalue weighted by atomic mass is 9.86. The molecule has 0 spiro atoms. The maximum atomic E-state index is 13.4. The molecule has 1 aromatic heterocycles. The number of hydrogen-bond acceptors (Lipinski definition) is 10. The zero-order chi connectivity index (χ0) is 40.9. The van der Waals surface area contributed by atoms with Gasteiger partial charge in [0.15, 0.2) is 6.61 Å². The number of hydrogen-bond donors (Lipinski definition) is 8. The first-order valence-electron chi connectivity index (χ1n) is 17.6.